The maximum absolute atomic E-state index is 12.5. The van der Waals surface area contributed by atoms with Crippen molar-refractivity contribution in [2.45, 2.75) is 25.2 Å². The summed E-state index contributed by atoms with van der Waals surface area (Å²) in [6.45, 7) is 4.03. The van der Waals surface area contributed by atoms with Crippen LogP contribution in [0.3, 0.4) is 0 Å². The van der Waals surface area contributed by atoms with Gasteiger partial charge in [-0.2, -0.15) is 0 Å². The Kier molecular flexibility index (Phi) is 6.29. The summed E-state index contributed by atoms with van der Waals surface area (Å²) in [5, 5.41) is 3.15. The number of carbonyl (C=O) groups is 1. The van der Waals surface area contributed by atoms with E-state index in [1.54, 1.807) is 0 Å². The number of hydrogen-bond donors (Lipinski definition) is 1. The Morgan fingerprint density at radius 2 is 1.92 bits per heavy atom. The summed E-state index contributed by atoms with van der Waals surface area (Å²) in [6, 6.07) is 10.6. The van der Waals surface area contributed by atoms with E-state index in [9.17, 15) is 9.18 Å². The highest BCUT2D eigenvalue weighted by atomic mass is 19.1. The van der Waals surface area contributed by atoms with Gasteiger partial charge in [0.2, 0.25) is 0 Å². The van der Waals surface area contributed by atoms with Crippen LogP contribution < -0.4 is 5.32 Å². The molecule has 25 heavy (non-hydrogen) atoms. The fraction of sp³-hybridized carbons (Fsp3) is 0.650. The van der Waals surface area contributed by atoms with Crippen molar-refractivity contribution in [3.63, 3.8) is 0 Å². The summed E-state index contributed by atoms with van der Waals surface area (Å²) in [5.74, 6) is 1.36. The van der Waals surface area contributed by atoms with E-state index in [0.717, 1.165) is 39.0 Å². The van der Waals surface area contributed by atoms with Crippen LogP contribution in [0.1, 0.15) is 30.7 Å². The lowest BCUT2D eigenvalue weighted by atomic mass is 9.89. The molecule has 0 spiro atoms. The quantitative estimate of drug-likeness (QED) is 0.888. The zero-order chi connectivity index (χ0) is 17.6. The molecule has 2 amide bonds. The van der Waals surface area contributed by atoms with Gasteiger partial charge in [-0.1, -0.05) is 30.3 Å². The van der Waals surface area contributed by atoms with E-state index in [1.165, 1.54) is 5.56 Å². The van der Waals surface area contributed by atoms with Crippen molar-refractivity contribution in [3.8, 4) is 0 Å². The van der Waals surface area contributed by atoms with E-state index in [2.05, 4.69) is 41.5 Å². The average Bonchev–Trinajstić information content (AvgIpc) is 3.02. The third kappa shape index (κ3) is 4.72. The number of benzene rings is 1. The van der Waals surface area contributed by atoms with E-state index in [0.29, 0.717) is 30.7 Å². The first-order valence-corrected chi connectivity index (χ1v) is 9.49. The molecule has 3 rings (SSSR count). The average molecular weight is 347 g/mol. The van der Waals surface area contributed by atoms with Crippen LogP contribution in [-0.4, -0.2) is 62.3 Å². The van der Waals surface area contributed by atoms with Crippen LogP contribution in [0.4, 0.5) is 9.18 Å². The van der Waals surface area contributed by atoms with E-state index in [1.807, 2.05) is 11.0 Å². The fourth-order valence-corrected chi connectivity index (χ4v) is 4.28. The molecule has 0 radical (unpaired) electrons. The van der Waals surface area contributed by atoms with Gasteiger partial charge in [-0.3, -0.25) is 4.39 Å². The minimum atomic E-state index is -0.243. The number of nitrogens with zero attached hydrogens (tertiary/aromatic N) is 2. The van der Waals surface area contributed by atoms with Crippen molar-refractivity contribution in [1.29, 1.82) is 0 Å². The predicted molar refractivity (Wildman–Crippen MR) is 98.5 cm³/mol. The fourth-order valence-electron chi connectivity index (χ4n) is 4.28. The third-order valence-corrected chi connectivity index (χ3v) is 5.79. The summed E-state index contributed by atoms with van der Waals surface area (Å²) in [7, 11) is 2.15. The van der Waals surface area contributed by atoms with E-state index in [-0.39, 0.29) is 12.7 Å². The van der Waals surface area contributed by atoms with Crippen molar-refractivity contribution in [2.75, 3.05) is 46.4 Å². The number of likely N-dealkylation sites (N-methyl/N-ethyl adjacent to an activating group) is 1. The number of rotatable bonds is 5. The van der Waals surface area contributed by atoms with Gasteiger partial charge in [-0.25, -0.2) is 4.79 Å². The minimum Gasteiger partial charge on any atom is -0.338 e. The highest BCUT2D eigenvalue weighted by Gasteiger charge is 2.32. The Hall–Kier alpha value is -1.62. The Bertz CT molecular complexity index is 545. The molecule has 0 aliphatic carbocycles. The largest absolute Gasteiger partial charge is 0.338 e. The maximum Gasteiger partial charge on any atom is 0.317 e. The van der Waals surface area contributed by atoms with Crippen LogP contribution in [0.25, 0.3) is 0 Å². The molecular weight excluding hydrogens is 317 g/mol. The van der Waals surface area contributed by atoms with Gasteiger partial charge in [0.1, 0.15) is 0 Å². The summed E-state index contributed by atoms with van der Waals surface area (Å²) in [4.78, 5) is 16.7. The second kappa shape index (κ2) is 8.65. The lowest BCUT2D eigenvalue weighted by Gasteiger charge is -2.32. The van der Waals surface area contributed by atoms with Gasteiger partial charge in [-0.05, 0) is 43.7 Å². The van der Waals surface area contributed by atoms with Crippen molar-refractivity contribution in [1.82, 2.24) is 15.1 Å². The Labute approximate surface area is 150 Å². The standard InChI is InChI=1S/C20H30FN3O/c1-23-14-18(19(15-23)17-5-3-2-4-6-17)13-22-20(25)24-11-8-16(7-10-21)9-12-24/h2-6,16,18-19H,7-15H2,1H3,(H,22,25)/t18-,19+/m1/s1. The molecule has 2 heterocycles. The topological polar surface area (TPSA) is 35.6 Å². The number of hydrogen-bond acceptors (Lipinski definition) is 2. The second-order valence-electron chi connectivity index (χ2n) is 7.59. The van der Waals surface area contributed by atoms with Crippen molar-refractivity contribution in [3.05, 3.63) is 35.9 Å². The lowest BCUT2D eigenvalue weighted by molar-refractivity contribution is 0.164. The van der Waals surface area contributed by atoms with Crippen LogP contribution in [-0.2, 0) is 0 Å². The number of amides is 2. The molecule has 5 heteroatoms. The molecule has 138 valence electrons. The normalized spacial score (nSPS) is 25.3. The molecule has 2 atom stereocenters. The summed E-state index contributed by atoms with van der Waals surface area (Å²) < 4.78 is 12.4. The first kappa shape index (κ1) is 18.2. The zero-order valence-corrected chi connectivity index (χ0v) is 15.2. The van der Waals surface area contributed by atoms with Crippen molar-refractivity contribution < 1.29 is 9.18 Å². The monoisotopic (exact) mass is 347 g/mol. The molecule has 4 nitrogen and oxygen atoms in total. The van der Waals surface area contributed by atoms with Crippen molar-refractivity contribution >= 4 is 6.03 Å². The van der Waals surface area contributed by atoms with Gasteiger partial charge < -0.3 is 15.1 Å². The Morgan fingerprint density at radius 3 is 2.60 bits per heavy atom. The molecule has 2 saturated heterocycles. The number of likely N-dealkylation sites (tertiary alicyclic amines) is 2. The van der Waals surface area contributed by atoms with Crippen LogP contribution >= 0.6 is 0 Å². The molecule has 0 aromatic heterocycles. The van der Waals surface area contributed by atoms with Crippen LogP contribution in [0.5, 0.6) is 0 Å². The van der Waals surface area contributed by atoms with Crippen LogP contribution in [0.2, 0.25) is 0 Å². The van der Waals surface area contributed by atoms with Gasteiger partial charge in [0.15, 0.2) is 0 Å². The molecule has 2 aliphatic heterocycles. The van der Waals surface area contributed by atoms with Gasteiger partial charge >= 0.3 is 6.03 Å². The SMILES string of the molecule is CN1C[C@@H](CNC(=O)N2CCC(CCF)CC2)[C@H](c2ccccc2)C1. The highest BCUT2D eigenvalue weighted by Crippen LogP contribution is 2.31. The first-order chi connectivity index (χ1) is 12.2. The van der Waals surface area contributed by atoms with Crippen molar-refractivity contribution in [2.24, 2.45) is 11.8 Å². The molecule has 2 fully saturated rings. The zero-order valence-electron chi connectivity index (χ0n) is 15.2. The second-order valence-corrected chi connectivity index (χ2v) is 7.59. The summed E-state index contributed by atoms with van der Waals surface area (Å²) >= 11 is 0. The van der Waals surface area contributed by atoms with Gasteiger partial charge in [0.05, 0.1) is 6.67 Å². The smallest absolute Gasteiger partial charge is 0.317 e. The molecule has 0 bridgehead atoms. The Balaban J connectivity index is 1.49. The molecule has 2 aliphatic rings. The van der Waals surface area contributed by atoms with Crippen LogP contribution in [0.15, 0.2) is 30.3 Å². The molecule has 0 saturated carbocycles. The maximum atomic E-state index is 12.5. The molecule has 1 N–H and O–H groups in total. The molecule has 1 aromatic rings. The molecular formula is C20H30FN3O. The Morgan fingerprint density at radius 1 is 1.20 bits per heavy atom. The number of alkyl halides is 1. The minimum absolute atomic E-state index is 0.0417. The number of urea groups is 1. The summed E-state index contributed by atoms with van der Waals surface area (Å²) in [5.41, 5.74) is 1.36. The van der Waals surface area contributed by atoms with Gasteiger partial charge in [-0.15, -0.1) is 0 Å². The number of piperidine rings is 1. The number of nitrogens with one attached hydrogen (secondary N) is 1. The number of carbonyl (C=O) groups excluding carboxylic acids is 1. The lowest BCUT2D eigenvalue weighted by Crippen LogP contribution is -2.46. The van der Waals surface area contributed by atoms with E-state index >= 15 is 0 Å². The van der Waals surface area contributed by atoms with Gasteiger partial charge in [0, 0.05) is 38.6 Å². The van der Waals surface area contributed by atoms with Crippen LogP contribution in [0, 0.1) is 11.8 Å². The van der Waals surface area contributed by atoms with Gasteiger partial charge in [0.25, 0.3) is 0 Å². The van der Waals surface area contributed by atoms with E-state index in [4.69, 9.17) is 0 Å². The molecule has 0 unspecified atom stereocenters. The summed E-state index contributed by atoms with van der Waals surface area (Å²) in [6.07, 6.45) is 2.49. The molecule has 1 aromatic carbocycles. The highest BCUT2D eigenvalue weighted by molar-refractivity contribution is 5.74. The van der Waals surface area contributed by atoms with E-state index < -0.39 is 0 Å². The predicted octanol–water partition coefficient (Wildman–Crippen LogP) is 3.11. The third-order valence-electron chi connectivity index (χ3n) is 5.79. The number of halogens is 1. The first-order valence-electron chi connectivity index (χ1n) is 9.49.